The molecule has 8 heteroatoms. The van der Waals surface area contributed by atoms with Crippen LogP contribution in [-0.2, 0) is 9.53 Å². The topological polar surface area (TPSA) is 106 Å². The second-order valence-electron chi connectivity index (χ2n) is 8.24. The van der Waals surface area contributed by atoms with Crippen molar-refractivity contribution in [2.24, 2.45) is 0 Å². The van der Waals surface area contributed by atoms with Gasteiger partial charge in [0, 0.05) is 36.9 Å². The summed E-state index contributed by atoms with van der Waals surface area (Å²) in [4.78, 5) is 21.5. The first-order valence-corrected chi connectivity index (χ1v) is 10.8. The van der Waals surface area contributed by atoms with Gasteiger partial charge >= 0.3 is 0 Å². The molecule has 1 aliphatic heterocycles. The average molecular weight is 415 g/mol. The van der Waals surface area contributed by atoms with Gasteiger partial charge in [0.2, 0.25) is 5.95 Å². The summed E-state index contributed by atoms with van der Waals surface area (Å²) in [6.07, 6.45) is 6.62. The molecule has 1 aromatic heterocycles. The Morgan fingerprint density at radius 3 is 2.70 bits per heavy atom. The number of fused-ring (bicyclic) bond motifs is 1. The van der Waals surface area contributed by atoms with E-state index in [0.717, 1.165) is 49.5 Å². The van der Waals surface area contributed by atoms with Crippen LogP contribution < -0.4 is 15.4 Å². The van der Waals surface area contributed by atoms with Crippen molar-refractivity contribution in [3.05, 3.63) is 23.9 Å². The van der Waals surface area contributed by atoms with E-state index in [-0.39, 0.29) is 30.7 Å². The van der Waals surface area contributed by atoms with E-state index in [2.05, 4.69) is 20.6 Å². The number of aliphatic hydroxyl groups excluding tert-OH is 1. The molecule has 1 amide bonds. The molecule has 2 fully saturated rings. The van der Waals surface area contributed by atoms with Crippen LogP contribution in [0.15, 0.2) is 18.3 Å². The zero-order chi connectivity index (χ0) is 20.9. The molecular formula is C22H30N4O4. The van der Waals surface area contributed by atoms with Gasteiger partial charge in [0.1, 0.15) is 11.3 Å². The number of hydrogen-bond donors (Lipinski definition) is 3. The number of aromatic nitrogens is 2. The summed E-state index contributed by atoms with van der Waals surface area (Å²) in [6, 6.07) is 4.31. The Kier molecular flexibility index (Phi) is 6.64. The van der Waals surface area contributed by atoms with Crippen LogP contribution in [0.3, 0.4) is 0 Å². The Balaban J connectivity index is 1.44. The lowest BCUT2D eigenvalue weighted by molar-refractivity contribution is -0.124. The van der Waals surface area contributed by atoms with E-state index >= 15 is 0 Å². The summed E-state index contributed by atoms with van der Waals surface area (Å²) in [6.45, 7) is 3.26. The maximum Gasteiger partial charge on any atom is 0.258 e. The number of nitrogens with zero attached hydrogens (tertiary/aromatic N) is 2. The Morgan fingerprint density at radius 2 is 1.93 bits per heavy atom. The van der Waals surface area contributed by atoms with E-state index in [0.29, 0.717) is 30.4 Å². The van der Waals surface area contributed by atoms with E-state index < -0.39 is 0 Å². The van der Waals surface area contributed by atoms with Gasteiger partial charge in [0.15, 0.2) is 6.61 Å². The number of hydrogen-bond acceptors (Lipinski definition) is 7. The zero-order valence-electron chi connectivity index (χ0n) is 17.4. The summed E-state index contributed by atoms with van der Waals surface area (Å²) < 4.78 is 11.2. The van der Waals surface area contributed by atoms with Crippen molar-refractivity contribution in [2.45, 2.75) is 63.6 Å². The SMILES string of the molecule is Cc1ccc2cnc(N[C@H]3CC[C@H](O)CC3)nc2c1OCC(=O)NC1CCOCC1. The van der Waals surface area contributed by atoms with E-state index in [1.54, 1.807) is 6.20 Å². The molecule has 2 aromatic rings. The minimum absolute atomic E-state index is 0.0510. The molecule has 1 saturated heterocycles. The summed E-state index contributed by atoms with van der Waals surface area (Å²) in [5.41, 5.74) is 1.62. The van der Waals surface area contributed by atoms with Gasteiger partial charge in [-0.05, 0) is 51.0 Å². The van der Waals surface area contributed by atoms with Crippen LogP contribution in [0.25, 0.3) is 10.9 Å². The fraction of sp³-hybridized carbons (Fsp3) is 0.591. The van der Waals surface area contributed by atoms with Gasteiger partial charge < -0.3 is 25.2 Å². The second kappa shape index (κ2) is 9.57. The number of anilines is 1. The van der Waals surface area contributed by atoms with E-state index in [1.165, 1.54) is 0 Å². The lowest BCUT2D eigenvalue weighted by Crippen LogP contribution is -2.41. The highest BCUT2D eigenvalue weighted by Crippen LogP contribution is 2.29. The fourth-order valence-electron chi connectivity index (χ4n) is 4.08. The Labute approximate surface area is 176 Å². The minimum atomic E-state index is -0.199. The molecule has 0 spiro atoms. The normalized spacial score (nSPS) is 22.6. The molecule has 3 N–H and O–H groups in total. The van der Waals surface area contributed by atoms with E-state index in [4.69, 9.17) is 9.47 Å². The average Bonchev–Trinajstić information content (AvgIpc) is 2.75. The monoisotopic (exact) mass is 414 g/mol. The fourth-order valence-corrected chi connectivity index (χ4v) is 4.08. The molecule has 0 bridgehead atoms. The van der Waals surface area contributed by atoms with Crippen LogP contribution in [0.1, 0.15) is 44.1 Å². The van der Waals surface area contributed by atoms with E-state index in [9.17, 15) is 9.90 Å². The lowest BCUT2D eigenvalue weighted by atomic mass is 9.93. The number of nitrogens with one attached hydrogen (secondary N) is 2. The third-order valence-electron chi connectivity index (χ3n) is 5.87. The first-order valence-electron chi connectivity index (χ1n) is 10.8. The number of carbonyl (C=O) groups is 1. The van der Waals surface area contributed by atoms with Gasteiger partial charge in [-0.25, -0.2) is 9.97 Å². The smallest absolute Gasteiger partial charge is 0.258 e. The third kappa shape index (κ3) is 5.17. The van der Waals surface area contributed by atoms with Crippen LogP contribution in [0.4, 0.5) is 5.95 Å². The maximum atomic E-state index is 12.3. The summed E-state index contributed by atoms with van der Waals surface area (Å²) in [5, 5.41) is 17.0. The molecule has 0 atom stereocenters. The highest BCUT2D eigenvalue weighted by molar-refractivity contribution is 5.86. The molecule has 4 rings (SSSR count). The van der Waals surface area contributed by atoms with Gasteiger partial charge in [-0.3, -0.25) is 4.79 Å². The van der Waals surface area contributed by atoms with Crippen LogP contribution in [0.2, 0.25) is 0 Å². The standard InChI is InChI=1S/C22H30N4O4/c1-14-2-3-15-12-23-22(25-16-4-6-18(27)7-5-16)26-20(15)21(14)30-13-19(28)24-17-8-10-29-11-9-17/h2-3,12,16-18,27H,4-11,13H2,1H3,(H,24,28)(H,23,25,26)/t16-,18-. The predicted octanol–water partition coefficient (Wildman–Crippen LogP) is 2.33. The van der Waals surface area contributed by atoms with Gasteiger partial charge in [0.25, 0.3) is 5.91 Å². The minimum Gasteiger partial charge on any atom is -0.481 e. The van der Waals surface area contributed by atoms with Crippen LogP contribution in [-0.4, -0.2) is 59.0 Å². The van der Waals surface area contributed by atoms with E-state index in [1.807, 2.05) is 19.1 Å². The molecule has 0 unspecified atom stereocenters. The molecule has 1 saturated carbocycles. The zero-order valence-corrected chi connectivity index (χ0v) is 17.4. The highest BCUT2D eigenvalue weighted by Gasteiger charge is 2.21. The number of carbonyl (C=O) groups excluding carboxylic acids is 1. The number of aryl methyl sites for hydroxylation is 1. The van der Waals surface area contributed by atoms with Gasteiger partial charge in [-0.1, -0.05) is 12.1 Å². The first kappa shape index (κ1) is 20.8. The van der Waals surface area contributed by atoms with Crippen molar-refractivity contribution in [1.29, 1.82) is 0 Å². The third-order valence-corrected chi connectivity index (χ3v) is 5.87. The molecule has 0 radical (unpaired) electrons. The number of ether oxygens (including phenoxy) is 2. The molecule has 2 heterocycles. The largest absolute Gasteiger partial charge is 0.481 e. The first-order chi connectivity index (χ1) is 14.6. The van der Waals surface area contributed by atoms with Crippen LogP contribution in [0.5, 0.6) is 5.75 Å². The Hall–Kier alpha value is -2.45. The number of aliphatic hydroxyl groups is 1. The van der Waals surface area contributed by atoms with Crippen molar-refractivity contribution in [1.82, 2.24) is 15.3 Å². The van der Waals surface area contributed by atoms with Crippen molar-refractivity contribution < 1.29 is 19.4 Å². The predicted molar refractivity (Wildman–Crippen MR) is 114 cm³/mol. The van der Waals surface area contributed by atoms with Crippen LogP contribution >= 0.6 is 0 Å². The maximum absolute atomic E-state index is 12.3. The molecule has 2 aliphatic rings. The Bertz CT molecular complexity index is 877. The van der Waals surface area contributed by atoms with Crippen molar-refractivity contribution in [3.63, 3.8) is 0 Å². The van der Waals surface area contributed by atoms with Crippen molar-refractivity contribution in [2.75, 3.05) is 25.1 Å². The summed E-state index contributed by atoms with van der Waals surface area (Å²) >= 11 is 0. The van der Waals surface area contributed by atoms with Gasteiger partial charge in [0.05, 0.1) is 6.10 Å². The number of amides is 1. The van der Waals surface area contributed by atoms with Gasteiger partial charge in [-0.2, -0.15) is 0 Å². The highest BCUT2D eigenvalue weighted by atomic mass is 16.5. The molecule has 1 aliphatic carbocycles. The van der Waals surface area contributed by atoms with Crippen molar-refractivity contribution in [3.8, 4) is 5.75 Å². The molecule has 1 aromatic carbocycles. The molecule has 162 valence electrons. The summed E-state index contributed by atoms with van der Waals surface area (Å²) in [7, 11) is 0. The van der Waals surface area contributed by atoms with Crippen LogP contribution in [0, 0.1) is 6.92 Å². The Morgan fingerprint density at radius 1 is 1.17 bits per heavy atom. The van der Waals surface area contributed by atoms with Gasteiger partial charge in [-0.15, -0.1) is 0 Å². The second-order valence-corrected chi connectivity index (χ2v) is 8.24. The summed E-state index contributed by atoms with van der Waals surface area (Å²) in [5.74, 6) is 1.02. The molecular weight excluding hydrogens is 384 g/mol. The number of benzene rings is 1. The molecule has 30 heavy (non-hydrogen) atoms. The lowest BCUT2D eigenvalue weighted by Gasteiger charge is -2.26. The number of rotatable bonds is 6. The van der Waals surface area contributed by atoms with Crippen molar-refractivity contribution >= 4 is 22.8 Å². The quantitative estimate of drug-likeness (QED) is 0.666. The molecule has 8 nitrogen and oxygen atoms in total.